The molecular formula is C12H26N2O. The Labute approximate surface area is 94.0 Å². The predicted octanol–water partition coefficient (Wildman–Crippen LogP) is 1.47. The van der Waals surface area contributed by atoms with E-state index in [1.165, 1.54) is 13.0 Å². The topological polar surface area (TPSA) is 38.5 Å². The Bertz CT molecular complexity index is 184. The normalized spacial score (nSPS) is 29.4. The maximum Gasteiger partial charge on any atom is 0.0634 e. The van der Waals surface area contributed by atoms with Crippen LogP contribution in [0.3, 0.4) is 0 Å². The fourth-order valence-electron chi connectivity index (χ4n) is 2.22. The second-order valence-electron chi connectivity index (χ2n) is 5.57. The molecule has 0 aliphatic carbocycles. The average Bonchev–Trinajstić information content (AvgIpc) is 2.14. The second-order valence-corrected chi connectivity index (χ2v) is 5.57. The molecule has 90 valence electrons. The first-order valence-electron chi connectivity index (χ1n) is 5.96. The monoisotopic (exact) mass is 214 g/mol. The third-order valence-electron chi connectivity index (χ3n) is 3.35. The van der Waals surface area contributed by atoms with Crippen molar-refractivity contribution in [2.45, 2.75) is 45.3 Å². The molecule has 2 atom stereocenters. The van der Waals surface area contributed by atoms with Crippen LogP contribution in [0, 0.1) is 5.92 Å². The molecule has 1 aliphatic heterocycles. The summed E-state index contributed by atoms with van der Waals surface area (Å²) < 4.78 is 5.42. The van der Waals surface area contributed by atoms with Crippen molar-refractivity contribution in [1.82, 2.24) is 4.90 Å². The zero-order valence-corrected chi connectivity index (χ0v) is 10.6. The fourth-order valence-corrected chi connectivity index (χ4v) is 2.22. The van der Waals surface area contributed by atoms with Crippen LogP contribution in [0.5, 0.6) is 0 Å². The summed E-state index contributed by atoms with van der Waals surface area (Å²) in [4.78, 5) is 2.47. The van der Waals surface area contributed by atoms with Crippen molar-refractivity contribution >= 4 is 0 Å². The lowest BCUT2D eigenvalue weighted by molar-refractivity contribution is 0.00364. The van der Waals surface area contributed by atoms with E-state index in [1.807, 2.05) is 0 Å². The van der Waals surface area contributed by atoms with Gasteiger partial charge < -0.3 is 15.4 Å². The molecule has 2 N–H and O–H groups in total. The Morgan fingerprint density at radius 3 is 2.60 bits per heavy atom. The van der Waals surface area contributed by atoms with Gasteiger partial charge in [0, 0.05) is 32.8 Å². The molecule has 0 amide bonds. The van der Waals surface area contributed by atoms with Gasteiger partial charge in [-0.1, -0.05) is 6.92 Å². The minimum Gasteiger partial charge on any atom is -0.379 e. The largest absolute Gasteiger partial charge is 0.379 e. The van der Waals surface area contributed by atoms with Crippen molar-refractivity contribution in [2.24, 2.45) is 11.7 Å². The van der Waals surface area contributed by atoms with Crippen molar-refractivity contribution in [3.63, 3.8) is 0 Å². The molecule has 1 saturated heterocycles. The SMILES string of the molecule is COC(C)(C)CCN1CC(C)CC(N)C1. The van der Waals surface area contributed by atoms with E-state index < -0.39 is 0 Å². The molecule has 0 bridgehead atoms. The van der Waals surface area contributed by atoms with E-state index in [-0.39, 0.29) is 5.60 Å². The first-order chi connectivity index (χ1) is 6.93. The molecule has 3 heteroatoms. The predicted molar refractivity (Wildman–Crippen MR) is 63.9 cm³/mol. The van der Waals surface area contributed by atoms with Gasteiger partial charge in [-0.25, -0.2) is 0 Å². The van der Waals surface area contributed by atoms with Gasteiger partial charge in [-0.2, -0.15) is 0 Å². The third kappa shape index (κ3) is 4.49. The van der Waals surface area contributed by atoms with E-state index in [0.717, 1.165) is 25.4 Å². The lowest BCUT2D eigenvalue weighted by Crippen LogP contribution is -2.47. The number of hydrogen-bond acceptors (Lipinski definition) is 3. The zero-order chi connectivity index (χ0) is 11.5. The van der Waals surface area contributed by atoms with Crippen LogP contribution in [0.4, 0.5) is 0 Å². The van der Waals surface area contributed by atoms with Crippen LogP contribution in [0.25, 0.3) is 0 Å². The number of likely N-dealkylation sites (tertiary alicyclic amines) is 1. The molecule has 1 aliphatic rings. The lowest BCUT2D eigenvalue weighted by atomic mass is 9.95. The Balaban J connectivity index is 2.32. The molecule has 0 aromatic heterocycles. The summed E-state index contributed by atoms with van der Waals surface area (Å²) in [5.74, 6) is 0.736. The van der Waals surface area contributed by atoms with Crippen LogP contribution < -0.4 is 5.73 Å². The molecule has 0 aromatic carbocycles. The molecule has 0 radical (unpaired) electrons. The van der Waals surface area contributed by atoms with Gasteiger partial charge in [0.05, 0.1) is 5.60 Å². The molecular weight excluding hydrogens is 188 g/mol. The summed E-state index contributed by atoms with van der Waals surface area (Å²) in [6, 6.07) is 0.361. The summed E-state index contributed by atoms with van der Waals surface area (Å²) in [6.07, 6.45) is 2.24. The summed E-state index contributed by atoms with van der Waals surface area (Å²) in [6.45, 7) is 9.89. The first kappa shape index (κ1) is 12.9. The van der Waals surface area contributed by atoms with Gasteiger partial charge in [-0.05, 0) is 32.6 Å². The highest BCUT2D eigenvalue weighted by Gasteiger charge is 2.24. The van der Waals surface area contributed by atoms with Gasteiger partial charge in [-0.15, -0.1) is 0 Å². The number of nitrogens with zero attached hydrogens (tertiary/aromatic N) is 1. The van der Waals surface area contributed by atoms with Crippen LogP contribution in [0.2, 0.25) is 0 Å². The smallest absolute Gasteiger partial charge is 0.0634 e. The second kappa shape index (κ2) is 5.28. The van der Waals surface area contributed by atoms with Crippen LogP contribution in [0.1, 0.15) is 33.6 Å². The molecule has 1 rings (SSSR count). The van der Waals surface area contributed by atoms with Gasteiger partial charge in [0.15, 0.2) is 0 Å². The highest BCUT2D eigenvalue weighted by molar-refractivity contribution is 4.80. The molecule has 1 fully saturated rings. The van der Waals surface area contributed by atoms with E-state index in [9.17, 15) is 0 Å². The van der Waals surface area contributed by atoms with E-state index in [4.69, 9.17) is 10.5 Å². The minimum atomic E-state index is -0.00915. The summed E-state index contributed by atoms with van der Waals surface area (Å²) >= 11 is 0. The van der Waals surface area contributed by atoms with Crippen LogP contribution >= 0.6 is 0 Å². The van der Waals surface area contributed by atoms with Crippen molar-refractivity contribution in [1.29, 1.82) is 0 Å². The van der Waals surface area contributed by atoms with Crippen molar-refractivity contribution in [2.75, 3.05) is 26.7 Å². The van der Waals surface area contributed by atoms with Gasteiger partial charge >= 0.3 is 0 Å². The Morgan fingerprint density at radius 2 is 2.07 bits per heavy atom. The lowest BCUT2D eigenvalue weighted by Gasteiger charge is -2.36. The van der Waals surface area contributed by atoms with Crippen molar-refractivity contribution < 1.29 is 4.74 Å². The number of nitrogens with two attached hydrogens (primary N) is 1. The molecule has 0 spiro atoms. The highest BCUT2D eigenvalue weighted by atomic mass is 16.5. The van der Waals surface area contributed by atoms with Crippen LogP contribution in [-0.4, -0.2) is 43.3 Å². The molecule has 1 heterocycles. The first-order valence-corrected chi connectivity index (χ1v) is 5.96. The van der Waals surface area contributed by atoms with Crippen molar-refractivity contribution in [3.8, 4) is 0 Å². The summed E-state index contributed by atoms with van der Waals surface area (Å²) in [5.41, 5.74) is 6.01. The van der Waals surface area contributed by atoms with Gasteiger partial charge in [-0.3, -0.25) is 0 Å². The number of ether oxygens (including phenoxy) is 1. The summed E-state index contributed by atoms with van der Waals surface area (Å²) in [7, 11) is 1.78. The molecule has 0 saturated carbocycles. The van der Waals surface area contributed by atoms with Crippen molar-refractivity contribution in [3.05, 3.63) is 0 Å². The molecule has 2 unspecified atom stereocenters. The van der Waals surface area contributed by atoms with E-state index in [1.54, 1.807) is 7.11 Å². The minimum absolute atomic E-state index is 0.00915. The fraction of sp³-hybridized carbons (Fsp3) is 1.00. The standard InChI is InChI=1S/C12H26N2O/c1-10-7-11(13)9-14(8-10)6-5-12(2,3)15-4/h10-11H,5-9,13H2,1-4H3. The summed E-state index contributed by atoms with van der Waals surface area (Å²) in [5, 5.41) is 0. The number of rotatable bonds is 4. The third-order valence-corrected chi connectivity index (χ3v) is 3.35. The number of piperidine rings is 1. The van der Waals surface area contributed by atoms with Gasteiger partial charge in [0.1, 0.15) is 0 Å². The molecule has 15 heavy (non-hydrogen) atoms. The molecule has 0 aromatic rings. The van der Waals surface area contributed by atoms with Crippen LogP contribution in [0.15, 0.2) is 0 Å². The highest BCUT2D eigenvalue weighted by Crippen LogP contribution is 2.18. The van der Waals surface area contributed by atoms with Gasteiger partial charge in [0.25, 0.3) is 0 Å². The number of methoxy groups -OCH3 is 1. The Hall–Kier alpha value is -0.120. The maximum absolute atomic E-state index is 6.01. The zero-order valence-electron chi connectivity index (χ0n) is 10.6. The number of hydrogen-bond donors (Lipinski definition) is 1. The molecule has 3 nitrogen and oxygen atoms in total. The average molecular weight is 214 g/mol. The maximum atomic E-state index is 6.01. The van der Waals surface area contributed by atoms with Gasteiger partial charge in [0.2, 0.25) is 0 Å². The van der Waals surface area contributed by atoms with E-state index in [0.29, 0.717) is 6.04 Å². The Morgan fingerprint density at radius 1 is 1.40 bits per heavy atom. The van der Waals surface area contributed by atoms with Crippen LogP contribution in [-0.2, 0) is 4.74 Å². The Kier molecular flexibility index (Phi) is 4.56. The quantitative estimate of drug-likeness (QED) is 0.770. The van der Waals surface area contributed by atoms with E-state index in [2.05, 4.69) is 25.7 Å². The van der Waals surface area contributed by atoms with E-state index >= 15 is 0 Å².